The van der Waals surface area contributed by atoms with Crippen LogP contribution in [-0.2, 0) is 30.7 Å². The number of ether oxygens (including phenoxy) is 1. The number of aromatic nitrogens is 4. The van der Waals surface area contributed by atoms with Crippen molar-refractivity contribution in [3.63, 3.8) is 0 Å². The quantitative estimate of drug-likeness (QED) is 0.190. The van der Waals surface area contributed by atoms with E-state index < -0.39 is 23.1 Å². The van der Waals surface area contributed by atoms with E-state index >= 15 is 0 Å². The Balaban J connectivity index is 0.000000178. The standard InChI is InChI=1S/C17H20ClFN2O2.C15H16ClFN2O3/c18-14-8-5-9-15(19)13(14)10-16-20-23-17(22)21(16)11-12-6-3-1-2-4-7-12;16-12-2-1-3-13(17)11(12)8-14-18-22-15(20)19(14)9-10-4-6-21-7-5-10/h5,8-9,12H,1-4,6-7,10-11H2;1-3,10H,4-9H2. The third-order valence-electron chi connectivity index (χ3n) is 8.51. The molecule has 1 aliphatic carbocycles. The first-order chi connectivity index (χ1) is 21.8. The second-order valence-corrected chi connectivity index (χ2v) is 12.4. The van der Waals surface area contributed by atoms with Crippen LogP contribution in [0, 0.1) is 23.5 Å². The van der Waals surface area contributed by atoms with E-state index in [2.05, 4.69) is 10.3 Å². The van der Waals surface area contributed by atoms with Crippen LogP contribution in [0.15, 0.2) is 55.0 Å². The first-order valence-electron chi connectivity index (χ1n) is 15.3. The molecule has 0 N–H and O–H groups in total. The molecular formula is C32H36Cl2F2N4O5. The van der Waals surface area contributed by atoms with Gasteiger partial charge in [0.25, 0.3) is 0 Å². The fraction of sp³-hybridized carbons (Fsp3) is 0.500. The molecule has 0 radical (unpaired) electrons. The van der Waals surface area contributed by atoms with Crippen molar-refractivity contribution in [1.29, 1.82) is 0 Å². The van der Waals surface area contributed by atoms with E-state index in [0.717, 1.165) is 25.7 Å². The van der Waals surface area contributed by atoms with E-state index in [-0.39, 0.29) is 12.8 Å². The van der Waals surface area contributed by atoms with Crippen LogP contribution in [-0.4, -0.2) is 32.7 Å². The molecule has 0 spiro atoms. The summed E-state index contributed by atoms with van der Waals surface area (Å²) in [4.78, 5) is 23.8. The zero-order valence-electron chi connectivity index (χ0n) is 24.9. The lowest BCUT2D eigenvalue weighted by Crippen LogP contribution is -2.26. The van der Waals surface area contributed by atoms with E-state index in [1.165, 1.54) is 42.4 Å². The molecule has 242 valence electrons. The Kier molecular flexibility index (Phi) is 11.6. The SMILES string of the molecule is O=c1onc(Cc2c(F)cccc2Cl)n1CC1CCCCCC1.O=c1onc(Cc2c(F)cccc2Cl)n1CC1CCOCC1. The summed E-state index contributed by atoms with van der Waals surface area (Å²) in [6.45, 7) is 2.48. The van der Waals surface area contributed by atoms with E-state index in [0.29, 0.717) is 71.0 Å². The van der Waals surface area contributed by atoms with Crippen LogP contribution in [0.2, 0.25) is 10.0 Å². The topological polar surface area (TPSA) is 105 Å². The fourth-order valence-corrected chi connectivity index (χ4v) is 6.38. The highest BCUT2D eigenvalue weighted by molar-refractivity contribution is 6.31. The molecule has 1 saturated carbocycles. The van der Waals surface area contributed by atoms with Crippen molar-refractivity contribution in [2.24, 2.45) is 11.8 Å². The van der Waals surface area contributed by atoms with Gasteiger partial charge in [0, 0.05) is 60.3 Å². The smallest absolute Gasteiger partial charge is 0.381 e. The minimum Gasteiger partial charge on any atom is -0.381 e. The van der Waals surface area contributed by atoms with Gasteiger partial charge in [-0.1, -0.05) is 71.3 Å². The van der Waals surface area contributed by atoms with Crippen LogP contribution in [0.3, 0.4) is 0 Å². The van der Waals surface area contributed by atoms with Gasteiger partial charge >= 0.3 is 11.5 Å². The van der Waals surface area contributed by atoms with Gasteiger partial charge < -0.3 is 4.74 Å². The average Bonchev–Trinajstić information content (AvgIpc) is 3.41. The molecule has 2 fully saturated rings. The van der Waals surface area contributed by atoms with Gasteiger partial charge in [0.05, 0.1) is 0 Å². The Morgan fingerprint density at radius 1 is 0.689 bits per heavy atom. The van der Waals surface area contributed by atoms with Gasteiger partial charge in [-0.25, -0.2) is 18.4 Å². The predicted octanol–water partition coefficient (Wildman–Crippen LogP) is 6.84. The van der Waals surface area contributed by atoms with Crippen molar-refractivity contribution in [3.8, 4) is 0 Å². The molecular weight excluding hydrogens is 629 g/mol. The maximum absolute atomic E-state index is 14.0. The Morgan fingerprint density at radius 2 is 1.13 bits per heavy atom. The lowest BCUT2D eigenvalue weighted by atomic mass is 10.0. The summed E-state index contributed by atoms with van der Waals surface area (Å²) in [5.41, 5.74) is 0.662. The summed E-state index contributed by atoms with van der Waals surface area (Å²) in [5.74, 6) is -0.194. The van der Waals surface area contributed by atoms with Gasteiger partial charge in [-0.05, 0) is 61.8 Å². The van der Waals surface area contributed by atoms with Crippen LogP contribution >= 0.6 is 23.2 Å². The molecule has 13 heteroatoms. The Bertz CT molecular complexity index is 1630. The number of hydrogen-bond acceptors (Lipinski definition) is 7. The molecule has 0 bridgehead atoms. The van der Waals surface area contributed by atoms with Gasteiger partial charge in [-0.2, -0.15) is 0 Å². The van der Waals surface area contributed by atoms with Crippen LogP contribution in [0.25, 0.3) is 0 Å². The molecule has 6 rings (SSSR count). The summed E-state index contributed by atoms with van der Waals surface area (Å²) >= 11 is 12.1. The zero-order valence-corrected chi connectivity index (χ0v) is 26.4. The summed E-state index contributed by atoms with van der Waals surface area (Å²) in [7, 11) is 0. The molecule has 2 aromatic heterocycles. The van der Waals surface area contributed by atoms with Gasteiger partial charge in [0.1, 0.15) is 11.6 Å². The van der Waals surface area contributed by atoms with Crippen molar-refractivity contribution in [2.45, 2.75) is 77.3 Å². The van der Waals surface area contributed by atoms with Gasteiger partial charge in [-0.3, -0.25) is 18.2 Å². The van der Waals surface area contributed by atoms with Crippen LogP contribution in [0.5, 0.6) is 0 Å². The summed E-state index contributed by atoms with van der Waals surface area (Å²) in [5, 5.41) is 8.26. The molecule has 3 heterocycles. The van der Waals surface area contributed by atoms with Crippen molar-refractivity contribution in [2.75, 3.05) is 13.2 Å². The molecule has 0 amide bonds. The summed E-state index contributed by atoms with van der Waals surface area (Å²) in [6.07, 6.45) is 9.17. The summed E-state index contributed by atoms with van der Waals surface area (Å²) < 4.78 is 45.7. The van der Waals surface area contributed by atoms with Crippen molar-refractivity contribution < 1.29 is 22.6 Å². The highest BCUT2D eigenvalue weighted by Gasteiger charge is 2.22. The van der Waals surface area contributed by atoms with E-state index in [4.69, 9.17) is 37.0 Å². The van der Waals surface area contributed by atoms with Crippen molar-refractivity contribution in [3.05, 3.63) is 102 Å². The molecule has 9 nitrogen and oxygen atoms in total. The monoisotopic (exact) mass is 664 g/mol. The Hall–Kier alpha value is -3.28. The molecule has 1 saturated heterocycles. The molecule has 0 unspecified atom stereocenters. The molecule has 0 atom stereocenters. The Morgan fingerprint density at radius 3 is 1.58 bits per heavy atom. The summed E-state index contributed by atoms with van der Waals surface area (Å²) in [6, 6.07) is 9.04. The normalized spacial score (nSPS) is 16.3. The zero-order chi connectivity index (χ0) is 31.8. The van der Waals surface area contributed by atoms with Crippen molar-refractivity contribution in [1.82, 2.24) is 19.4 Å². The van der Waals surface area contributed by atoms with Crippen molar-refractivity contribution >= 4 is 23.2 Å². The number of benzene rings is 2. The van der Waals surface area contributed by atoms with Crippen LogP contribution < -0.4 is 11.5 Å². The molecule has 2 aromatic carbocycles. The number of rotatable bonds is 8. The third kappa shape index (κ3) is 8.71. The van der Waals surface area contributed by atoms with E-state index in [1.807, 2.05) is 0 Å². The lowest BCUT2D eigenvalue weighted by Gasteiger charge is -2.22. The Labute approximate surface area is 269 Å². The van der Waals surface area contributed by atoms with Gasteiger partial charge in [0.15, 0.2) is 11.6 Å². The molecule has 2 aliphatic rings. The minimum atomic E-state index is -0.519. The van der Waals surface area contributed by atoms with E-state index in [1.54, 1.807) is 28.8 Å². The number of halogens is 4. The second-order valence-electron chi connectivity index (χ2n) is 11.6. The molecule has 4 aromatic rings. The largest absolute Gasteiger partial charge is 0.441 e. The third-order valence-corrected chi connectivity index (χ3v) is 9.22. The minimum absolute atomic E-state index is 0.125. The maximum Gasteiger partial charge on any atom is 0.441 e. The van der Waals surface area contributed by atoms with Gasteiger partial charge in [-0.15, -0.1) is 0 Å². The predicted molar refractivity (Wildman–Crippen MR) is 165 cm³/mol. The van der Waals surface area contributed by atoms with E-state index in [9.17, 15) is 18.4 Å². The van der Waals surface area contributed by atoms with Crippen LogP contribution in [0.1, 0.15) is 74.1 Å². The second kappa shape index (κ2) is 15.8. The van der Waals surface area contributed by atoms with Crippen LogP contribution in [0.4, 0.5) is 8.78 Å². The first kappa shape index (κ1) is 33.1. The highest BCUT2D eigenvalue weighted by atomic mass is 35.5. The molecule has 1 aliphatic heterocycles. The molecule has 45 heavy (non-hydrogen) atoms. The first-order valence-corrected chi connectivity index (χ1v) is 16.1. The van der Waals surface area contributed by atoms with Gasteiger partial charge in [0.2, 0.25) is 0 Å². The number of nitrogens with zero attached hydrogens (tertiary/aromatic N) is 4. The fourth-order valence-electron chi connectivity index (χ4n) is 5.92. The maximum atomic E-state index is 14.0. The number of hydrogen-bond donors (Lipinski definition) is 0. The lowest BCUT2D eigenvalue weighted by molar-refractivity contribution is 0.0604. The highest BCUT2D eigenvalue weighted by Crippen LogP contribution is 2.26. The average molecular weight is 666 g/mol.